The van der Waals surface area contributed by atoms with Crippen molar-refractivity contribution < 1.29 is 0 Å². The zero-order valence-electron chi connectivity index (χ0n) is 13.5. The van der Waals surface area contributed by atoms with Crippen molar-refractivity contribution >= 4 is 0 Å². The van der Waals surface area contributed by atoms with Gasteiger partial charge in [-0.05, 0) is 52.9 Å². The van der Waals surface area contributed by atoms with Gasteiger partial charge >= 0.3 is 0 Å². The molecule has 0 aliphatic rings. The lowest BCUT2D eigenvalue weighted by atomic mass is 9.84. The van der Waals surface area contributed by atoms with Gasteiger partial charge in [0.2, 0.25) is 0 Å². The number of benzene rings is 1. The molecule has 108 valence electrons. The van der Waals surface area contributed by atoms with Gasteiger partial charge < -0.3 is 10.2 Å². The van der Waals surface area contributed by atoms with Gasteiger partial charge in [-0.1, -0.05) is 43.7 Å². The SMILES string of the molecule is CCNC(Cc1cccc(C)c1)C(C)(CC)N(C)C. The molecule has 0 aromatic heterocycles. The molecule has 0 heterocycles. The molecular weight excluding hydrogens is 232 g/mol. The van der Waals surface area contributed by atoms with E-state index in [9.17, 15) is 0 Å². The highest BCUT2D eigenvalue weighted by atomic mass is 15.2. The van der Waals surface area contributed by atoms with Gasteiger partial charge in [0.1, 0.15) is 0 Å². The normalized spacial score (nSPS) is 16.4. The van der Waals surface area contributed by atoms with Crippen LogP contribution in [0.3, 0.4) is 0 Å². The van der Waals surface area contributed by atoms with E-state index in [4.69, 9.17) is 0 Å². The summed E-state index contributed by atoms with van der Waals surface area (Å²) in [5.41, 5.74) is 2.95. The number of rotatable bonds is 7. The average molecular weight is 262 g/mol. The molecular formula is C17H30N2. The van der Waals surface area contributed by atoms with E-state index in [0.29, 0.717) is 6.04 Å². The summed E-state index contributed by atoms with van der Waals surface area (Å²) in [6, 6.07) is 9.34. The van der Waals surface area contributed by atoms with Crippen LogP contribution >= 0.6 is 0 Å². The predicted octanol–water partition coefficient (Wildman–Crippen LogP) is 3.25. The van der Waals surface area contributed by atoms with Crippen LogP contribution < -0.4 is 5.32 Å². The highest BCUT2D eigenvalue weighted by Gasteiger charge is 2.34. The Hall–Kier alpha value is -0.860. The van der Waals surface area contributed by atoms with Gasteiger partial charge in [-0.2, -0.15) is 0 Å². The van der Waals surface area contributed by atoms with Crippen molar-refractivity contribution in [3.8, 4) is 0 Å². The first-order valence-electron chi connectivity index (χ1n) is 7.40. The molecule has 0 aliphatic heterocycles. The van der Waals surface area contributed by atoms with E-state index in [-0.39, 0.29) is 5.54 Å². The minimum absolute atomic E-state index is 0.180. The van der Waals surface area contributed by atoms with Crippen LogP contribution in [0.1, 0.15) is 38.3 Å². The van der Waals surface area contributed by atoms with Crippen molar-refractivity contribution in [1.82, 2.24) is 10.2 Å². The summed E-state index contributed by atoms with van der Waals surface area (Å²) in [7, 11) is 4.37. The molecule has 0 saturated carbocycles. The highest BCUT2D eigenvalue weighted by molar-refractivity contribution is 5.23. The van der Waals surface area contributed by atoms with Crippen molar-refractivity contribution in [2.75, 3.05) is 20.6 Å². The maximum Gasteiger partial charge on any atom is 0.0328 e. The van der Waals surface area contributed by atoms with Crippen LogP contribution in [0.15, 0.2) is 24.3 Å². The van der Waals surface area contributed by atoms with Gasteiger partial charge in [-0.25, -0.2) is 0 Å². The van der Waals surface area contributed by atoms with Gasteiger partial charge in [0.15, 0.2) is 0 Å². The van der Waals surface area contributed by atoms with Crippen LogP contribution in [0.4, 0.5) is 0 Å². The molecule has 0 aliphatic carbocycles. The quantitative estimate of drug-likeness (QED) is 0.811. The van der Waals surface area contributed by atoms with Crippen LogP contribution in [-0.4, -0.2) is 37.1 Å². The van der Waals surface area contributed by atoms with Crippen molar-refractivity contribution in [1.29, 1.82) is 0 Å². The first kappa shape index (κ1) is 16.2. The number of hydrogen-bond donors (Lipinski definition) is 1. The Labute approximate surface area is 119 Å². The summed E-state index contributed by atoms with van der Waals surface area (Å²) >= 11 is 0. The lowest BCUT2D eigenvalue weighted by molar-refractivity contribution is 0.113. The maximum absolute atomic E-state index is 3.68. The zero-order valence-corrected chi connectivity index (χ0v) is 13.5. The third-order valence-electron chi connectivity index (χ3n) is 4.46. The van der Waals surface area contributed by atoms with E-state index in [1.54, 1.807) is 0 Å². The summed E-state index contributed by atoms with van der Waals surface area (Å²) in [5, 5.41) is 3.68. The lowest BCUT2D eigenvalue weighted by Crippen LogP contribution is -2.57. The number of nitrogens with one attached hydrogen (secondary N) is 1. The molecule has 2 nitrogen and oxygen atoms in total. The summed E-state index contributed by atoms with van der Waals surface area (Å²) < 4.78 is 0. The molecule has 2 heteroatoms. The summed E-state index contributed by atoms with van der Waals surface area (Å²) in [5.74, 6) is 0. The van der Waals surface area contributed by atoms with Crippen molar-refractivity contribution in [2.45, 2.75) is 52.1 Å². The van der Waals surface area contributed by atoms with Crippen LogP contribution in [0.5, 0.6) is 0 Å². The largest absolute Gasteiger partial charge is 0.312 e. The van der Waals surface area contributed by atoms with E-state index in [2.05, 4.69) is 76.3 Å². The van der Waals surface area contributed by atoms with Crippen molar-refractivity contribution in [3.63, 3.8) is 0 Å². The Bertz CT molecular complexity index is 387. The molecule has 0 bridgehead atoms. The van der Waals surface area contributed by atoms with Gasteiger partial charge in [-0.3, -0.25) is 0 Å². The Morgan fingerprint density at radius 3 is 2.42 bits per heavy atom. The van der Waals surface area contributed by atoms with E-state index in [1.807, 2.05) is 0 Å². The molecule has 0 fully saturated rings. The molecule has 1 aromatic rings. The van der Waals surface area contributed by atoms with E-state index in [1.165, 1.54) is 11.1 Å². The van der Waals surface area contributed by atoms with Gasteiger partial charge in [0.05, 0.1) is 0 Å². The molecule has 0 amide bonds. The van der Waals surface area contributed by atoms with E-state index >= 15 is 0 Å². The lowest BCUT2D eigenvalue weighted by Gasteiger charge is -2.43. The third-order valence-corrected chi connectivity index (χ3v) is 4.46. The monoisotopic (exact) mass is 262 g/mol. The molecule has 1 rings (SSSR count). The van der Waals surface area contributed by atoms with Crippen molar-refractivity contribution in [2.24, 2.45) is 0 Å². The number of hydrogen-bond acceptors (Lipinski definition) is 2. The molecule has 0 saturated heterocycles. The Balaban J connectivity index is 2.94. The van der Waals surface area contributed by atoms with Gasteiger partial charge in [-0.15, -0.1) is 0 Å². The van der Waals surface area contributed by atoms with Crippen LogP contribution in [0, 0.1) is 6.92 Å². The molecule has 2 atom stereocenters. The standard InChI is InChI=1S/C17H30N2/c1-7-17(4,19(5)6)16(18-8-2)13-15-11-9-10-14(3)12-15/h9-12,16,18H,7-8,13H2,1-6H3. The number of aryl methyl sites for hydroxylation is 1. The Morgan fingerprint density at radius 2 is 1.95 bits per heavy atom. The minimum Gasteiger partial charge on any atom is -0.312 e. The average Bonchev–Trinajstić information content (AvgIpc) is 2.37. The third kappa shape index (κ3) is 4.05. The van der Waals surface area contributed by atoms with Crippen LogP contribution in [0.25, 0.3) is 0 Å². The smallest absolute Gasteiger partial charge is 0.0328 e. The minimum atomic E-state index is 0.180. The van der Waals surface area contributed by atoms with Crippen molar-refractivity contribution in [3.05, 3.63) is 35.4 Å². The molecule has 1 aromatic carbocycles. The Kier molecular flexibility index (Phi) is 6.02. The number of nitrogens with zero attached hydrogens (tertiary/aromatic N) is 1. The number of likely N-dealkylation sites (N-methyl/N-ethyl adjacent to an activating group) is 2. The zero-order chi connectivity index (χ0) is 14.5. The molecule has 0 radical (unpaired) electrons. The summed E-state index contributed by atoms with van der Waals surface area (Å²) in [4.78, 5) is 2.36. The Morgan fingerprint density at radius 1 is 1.26 bits per heavy atom. The second-order valence-corrected chi connectivity index (χ2v) is 5.91. The molecule has 2 unspecified atom stereocenters. The summed E-state index contributed by atoms with van der Waals surface area (Å²) in [6.07, 6.45) is 2.22. The van der Waals surface area contributed by atoms with Gasteiger partial charge in [0, 0.05) is 11.6 Å². The maximum atomic E-state index is 3.68. The first-order valence-corrected chi connectivity index (χ1v) is 7.40. The molecule has 19 heavy (non-hydrogen) atoms. The fourth-order valence-corrected chi connectivity index (χ4v) is 2.71. The van der Waals surface area contributed by atoms with E-state index < -0.39 is 0 Å². The second kappa shape index (κ2) is 7.06. The van der Waals surface area contributed by atoms with Crippen LogP contribution in [0.2, 0.25) is 0 Å². The molecule has 0 spiro atoms. The topological polar surface area (TPSA) is 15.3 Å². The van der Waals surface area contributed by atoms with Gasteiger partial charge in [0.25, 0.3) is 0 Å². The first-order chi connectivity index (χ1) is 8.93. The van der Waals surface area contributed by atoms with E-state index in [0.717, 1.165) is 19.4 Å². The second-order valence-electron chi connectivity index (χ2n) is 5.91. The molecule has 1 N–H and O–H groups in total. The fourth-order valence-electron chi connectivity index (χ4n) is 2.71. The highest BCUT2D eigenvalue weighted by Crippen LogP contribution is 2.24. The fraction of sp³-hybridized carbons (Fsp3) is 0.647. The summed E-state index contributed by atoms with van der Waals surface area (Å²) in [6.45, 7) is 10.0. The predicted molar refractivity (Wildman–Crippen MR) is 84.7 cm³/mol. The van der Waals surface area contributed by atoms with Crippen LogP contribution in [-0.2, 0) is 6.42 Å².